The monoisotopic (exact) mass is 557 g/mol. The summed E-state index contributed by atoms with van der Waals surface area (Å²) in [7, 11) is 0. The number of carbonyl (C=O) groups excluding carboxylic acids is 1. The molecular formula is C23H32N3O9PS. The minimum atomic E-state index is -3.44. The summed E-state index contributed by atoms with van der Waals surface area (Å²) < 4.78 is 23.9. The van der Waals surface area contributed by atoms with Gasteiger partial charge in [-0.3, -0.25) is 19.1 Å². The summed E-state index contributed by atoms with van der Waals surface area (Å²) in [6.07, 6.45) is -3.07. The van der Waals surface area contributed by atoms with E-state index in [0.29, 0.717) is 5.75 Å². The van der Waals surface area contributed by atoms with E-state index < -0.39 is 53.9 Å². The molecule has 4 N–H and O–H groups in total. The number of aliphatic hydroxyl groups excluding tert-OH is 1. The van der Waals surface area contributed by atoms with Gasteiger partial charge in [0.25, 0.3) is 5.56 Å². The van der Waals surface area contributed by atoms with Gasteiger partial charge in [-0.05, 0) is 51.1 Å². The van der Waals surface area contributed by atoms with Crippen LogP contribution in [0.3, 0.4) is 0 Å². The maximum absolute atomic E-state index is 12.4. The van der Waals surface area contributed by atoms with Crippen LogP contribution in [0, 0.1) is 0 Å². The number of nitrogens with zero attached hydrogens (tertiary/aromatic N) is 1. The fraction of sp³-hybridized carbons (Fsp3) is 0.522. The Morgan fingerprint density at radius 2 is 1.95 bits per heavy atom. The van der Waals surface area contributed by atoms with Gasteiger partial charge in [-0.1, -0.05) is 25.1 Å². The van der Waals surface area contributed by atoms with E-state index in [4.69, 9.17) is 30.3 Å². The Labute approximate surface area is 218 Å². The number of rotatable bonds is 11. The average Bonchev–Trinajstić information content (AvgIpc) is 3.08. The van der Waals surface area contributed by atoms with Crippen LogP contribution in [-0.4, -0.2) is 62.3 Å². The van der Waals surface area contributed by atoms with Crippen LogP contribution < -0.4 is 20.9 Å². The molecule has 204 valence electrons. The molecule has 1 aromatic carbocycles. The minimum absolute atomic E-state index is 0.0197. The molecule has 1 aliphatic rings. The molecule has 0 saturated carbocycles. The Morgan fingerprint density at radius 1 is 1.27 bits per heavy atom. The first-order chi connectivity index (χ1) is 17.4. The van der Waals surface area contributed by atoms with Gasteiger partial charge < -0.3 is 28.7 Å². The van der Waals surface area contributed by atoms with Crippen molar-refractivity contribution in [3.8, 4) is 5.75 Å². The second-order valence-corrected chi connectivity index (χ2v) is 12.0. The number of esters is 1. The summed E-state index contributed by atoms with van der Waals surface area (Å²) in [5.41, 5.74) is -3.30. The van der Waals surface area contributed by atoms with Crippen molar-refractivity contribution in [3.63, 3.8) is 0 Å². The van der Waals surface area contributed by atoms with Crippen molar-refractivity contribution in [1.82, 2.24) is 14.6 Å². The van der Waals surface area contributed by atoms with E-state index in [2.05, 4.69) is 10.1 Å². The number of carbonyl (C=O) groups is 1. The third kappa shape index (κ3) is 6.94. The van der Waals surface area contributed by atoms with Crippen LogP contribution >= 0.6 is 6.64 Å². The van der Waals surface area contributed by atoms with Crippen LogP contribution in [0.2, 0.25) is 0 Å². The standard InChI is InChI=1S/C23H32N3O9PS/c1-5-23(31)19(28)17(34-21(23)26-12-11-18(27)24-22(26)30)13-32-36(37,35-16-9-7-6-8-10-16)25-15(4)20(29)33-14(2)3/h6-12,14-15,17,19,21,28,31H,5,13H2,1-4H3,(H,25,37)(H,24,27,30)/t15?,17-,19-,21-,23-,36?/m1/s1. The third-order valence-corrected chi connectivity index (χ3v) is 8.20. The lowest BCUT2D eigenvalue weighted by Gasteiger charge is -2.30. The Hall–Kier alpha value is -2.38. The van der Waals surface area contributed by atoms with E-state index in [1.807, 2.05) is 0 Å². The van der Waals surface area contributed by atoms with E-state index in [0.717, 1.165) is 10.6 Å². The normalized spacial score (nSPS) is 26.0. The van der Waals surface area contributed by atoms with Gasteiger partial charge in [-0.25, -0.2) is 9.88 Å². The molecule has 0 bridgehead atoms. The van der Waals surface area contributed by atoms with E-state index in [-0.39, 0.29) is 19.1 Å². The van der Waals surface area contributed by atoms with Gasteiger partial charge in [0.1, 0.15) is 29.6 Å². The molecule has 1 aliphatic heterocycles. The van der Waals surface area contributed by atoms with Crippen LogP contribution in [0.5, 0.6) is 5.75 Å². The van der Waals surface area contributed by atoms with Gasteiger partial charge in [-0.2, -0.15) is 0 Å². The Bertz CT molecular complexity index is 1240. The summed E-state index contributed by atoms with van der Waals surface area (Å²) in [4.78, 5) is 38.3. The zero-order valence-corrected chi connectivity index (χ0v) is 22.6. The summed E-state index contributed by atoms with van der Waals surface area (Å²) in [5.74, 6) is -0.169. The number of hydrogen-bond acceptors (Lipinski definition) is 10. The van der Waals surface area contributed by atoms with Gasteiger partial charge >= 0.3 is 18.3 Å². The zero-order chi connectivity index (χ0) is 27.4. The highest BCUT2D eigenvalue weighted by atomic mass is 32.5. The predicted molar refractivity (Wildman–Crippen MR) is 138 cm³/mol. The van der Waals surface area contributed by atoms with E-state index >= 15 is 0 Å². The van der Waals surface area contributed by atoms with Gasteiger partial charge in [-0.15, -0.1) is 0 Å². The largest absolute Gasteiger partial charge is 0.462 e. The molecule has 0 spiro atoms. The quantitative estimate of drug-likeness (QED) is 0.232. The highest BCUT2D eigenvalue weighted by Crippen LogP contribution is 2.47. The Morgan fingerprint density at radius 3 is 2.54 bits per heavy atom. The molecule has 14 heteroatoms. The third-order valence-electron chi connectivity index (χ3n) is 5.70. The van der Waals surface area contributed by atoms with Crippen molar-refractivity contribution in [3.05, 3.63) is 63.4 Å². The van der Waals surface area contributed by atoms with Gasteiger partial charge in [0.15, 0.2) is 6.23 Å². The molecule has 0 aliphatic carbocycles. The molecule has 2 unspecified atom stereocenters. The van der Waals surface area contributed by atoms with Gasteiger partial charge in [0.05, 0.1) is 12.7 Å². The summed E-state index contributed by atoms with van der Waals surface area (Å²) in [6.45, 7) is 2.82. The average molecular weight is 558 g/mol. The predicted octanol–water partition coefficient (Wildman–Crippen LogP) is 1.19. The van der Waals surface area contributed by atoms with Gasteiger partial charge in [0, 0.05) is 12.3 Å². The fourth-order valence-corrected chi connectivity index (χ4v) is 6.18. The van der Waals surface area contributed by atoms with Crippen molar-refractivity contribution < 1.29 is 33.5 Å². The maximum Gasteiger partial charge on any atom is 0.330 e. The number of aromatic amines is 1. The molecule has 1 aromatic heterocycles. The number of benzene rings is 1. The molecule has 2 heterocycles. The van der Waals surface area contributed by atoms with Crippen LogP contribution in [-0.2, 0) is 30.6 Å². The fourth-order valence-electron chi connectivity index (χ4n) is 3.76. The SMILES string of the molecule is CC[C@@]1(O)[C@H](O)[C@@H](COP(=S)(NC(C)C(=O)OC(C)C)Oc2ccccc2)O[C@H]1n1ccc(=O)[nH]c1=O. The summed E-state index contributed by atoms with van der Waals surface area (Å²) >= 11 is 5.66. The molecule has 37 heavy (non-hydrogen) atoms. The summed E-state index contributed by atoms with van der Waals surface area (Å²) in [5, 5.41) is 25.0. The smallest absolute Gasteiger partial charge is 0.330 e. The highest BCUT2D eigenvalue weighted by molar-refractivity contribution is 8.09. The number of hydrogen-bond donors (Lipinski definition) is 4. The van der Waals surface area contributed by atoms with Crippen LogP contribution in [0.4, 0.5) is 0 Å². The number of aliphatic hydroxyl groups is 2. The van der Waals surface area contributed by atoms with Crippen LogP contribution in [0.15, 0.2) is 52.2 Å². The lowest BCUT2D eigenvalue weighted by molar-refractivity contribution is -0.149. The molecular weight excluding hydrogens is 525 g/mol. The maximum atomic E-state index is 12.4. The van der Waals surface area contributed by atoms with Crippen molar-refractivity contribution in [1.29, 1.82) is 0 Å². The van der Waals surface area contributed by atoms with E-state index in [9.17, 15) is 24.6 Å². The second kappa shape index (κ2) is 12.0. The number of para-hydroxylation sites is 1. The number of aromatic nitrogens is 2. The lowest BCUT2D eigenvalue weighted by atomic mass is 9.91. The number of ether oxygens (including phenoxy) is 2. The Kier molecular flexibility index (Phi) is 9.46. The highest BCUT2D eigenvalue weighted by Gasteiger charge is 2.55. The second-order valence-electron chi connectivity index (χ2n) is 8.87. The molecule has 3 rings (SSSR count). The van der Waals surface area contributed by atoms with Crippen molar-refractivity contribution in [2.24, 2.45) is 0 Å². The van der Waals surface area contributed by atoms with Gasteiger partial charge in [0.2, 0.25) is 0 Å². The van der Waals surface area contributed by atoms with Crippen molar-refractivity contribution >= 4 is 24.4 Å². The van der Waals surface area contributed by atoms with E-state index in [1.54, 1.807) is 58.0 Å². The van der Waals surface area contributed by atoms with Crippen LogP contribution in [0.25, 0.3) is 0 Å². The van der Waals surface area contributed by atoms with Crippen molar-refractivity contribution in [2.75, 3.05) is 6.61 Å². The molecule has 12 nitrogen and oxygen atoms in total. The number of nitrogens with one attached hydrogen (secondary N) is 2. The number of H-pyrrole nitrogens is 1. The summed E-state index contributed by atoms with van der Waals surface area (Å²) in [6, 6.07) is 8.82. The zero-order valence-electron chi connectivity index (χ0n) is 20.9. The van der Waals surface area contributed by atoms with Crippen molar-refractivity contribution in [2.45, 2.75) is 70.3 Å². The topological polar surface area (TPSA) is 161 Å². The molecule has 0 amide bonds. The molecule has 1 saturated heterocycles. The minimum Gasteiger partial charge on any atom is -0.462 e. The molecule has 6 atom stereocenters. The Balaban J connectivity index is 1.83. The lowest BCUT2D eigenvalue weighted by Crippen LogP contribution is -2.48. The first-order valence-electron chi connectivity index (χ1n) is 11.7. The van der Waals surface area contributed by atoms with E-state index in [1.165, 1.54) is 6.20 Å². The first kappa shape index (κ1) is 29.2. The molecule has 2 aromatic rings. The van der Waals surface area contributed by atoms with Crippen LogP contribution in [0.1, 0.15) is 40.3 Å². The molecule has 1 fully saturated rings. The molecule has 0 radical (unpaired) electrons. The first-order valence-corrected chi connectivity index (χ1v) is 14.4.